The molecule has 2 aliphatic rings. The van der Waals surface area contributed by atoms with E-state index >= 15 is 0 Å². The average Bonchev–Trinajstić information content (AvgIpc) is 3.44. The van der Waals surface area contributed by atoms with E-state index in [0.29, 0.717) is 18.8 Å². The number of benzene rings is 1. The molecule has 2 aliphatic heterocycles. The first-order chi connectivity index (χ1) is 15.9. The molecule has 33 heavy (non-hydrogen) atoms. The van der Waals surface area contributed by atoms with Crippen LogP contribution >= 0.6 is 48.4 Å². The fourth-order valence-corrected chi connectivity index (χ4v) is 15.5. The van der Waals surface area contributed by atoms with E-state index in [-0.39, 0.29) is 4.61 Å². The van der Waals surface area contributed by atoms with Crippen molar-refractivity contribution in [2.24, 2.45) is 5.73 Å². The third-order valence-electron chi connectivity index (χ3n) is 4.89. The zero-order chi connectivity index (χ0) is 23.3. The predicted molar refractivity (Wildman–Crippen MR) is 143 cm³/mol. The number of phosphoric ester groups is 1. The van der Waals surface area contributed by atoms with Gasteiger partial charge in [-0.15, -0.1) is 0 Å². The second kappa shape index (κ2) is 11.6. The van der Waals surface area contributed by atoms with Gasteiger partial charge in [-0.05, 0) is 12.0 Å². The van der Waals surface area contributed by atoms with Crippen molar-refractivity contribution in [3.05, 3.63) is 80.8 Å². The molecule has 1 aromatic carbocycles. The molecule has 0 saturated heterocycles. The number of allylic oxidation sites excluding steroid dienone is 2. The van der Waals surface area contributed by atoms with Gasteiger partial charge in [0.1, 0.15) is 0 Å². The first-order valence-electron chi connectivity index (χ1n) is 10.0. The van der Waals surface area contributed by atoms with Crippen LogP contribution in [0.4, 0.5) is 0 Å². The number of aromatic nitrogens is 1. The fourth-order valence-electron chi connectivity index (χ4n) is 3.25. The van der Waals surface area contributed by atoms with E-state index in [1.165, 1.54) is 11.1 Å². The Morgan fingerprint density at radius 3 is 2.73 bits per heavy atom. The molecule has 3 heterocycles. The van der Waals surface area contributed by atoms with E-state index in [0.717, 1.165) is 35.9 Å². The van der Waals surface area contributed by atoms with Crippen LogP contribution in [0.3, 0.4) is 0 Å². The van der Waals surface area contributed by atoms with Gasteiger partial charge < -0.3 is 4.74 Å². The summed E-state index contributed by atoms with van der Waals surface area (Å²) in [7, 11) is -4.69. The van der Waals surface area contributed by atoms with Crippen LogP contribution in [0.2, 0.25) is 0 Å². The zero-order valence-electron chi connectivity index (χ0n) is 17.7. The number of phosphoric acid groups is 1. The molecule has 4 rings (SSSR count). The van der Waals surface area contributed by atoms with E-state index in [1.807, 2.05) is 22.3 Å². The summed E-state index contributed by atoms with van der Waals surface area (Å²) in [5.74, 6) is 0.634. The summed E-state index contributed by atoms with van der Waals surface area (Å²) in [6, 6.07) is 10.4. The van der Waals surface area contributed by atoms with Gasteiger partial charge in [-0.25, -0.2) is 0 Å². The summed E-state index contributed by atoms with van der Waals surface area (Å²) < 4.78 is 30.1. The molecule has 3 N–H and O–H groups in total. The molecule has 8 nitrogen and oxygen atoms in total. The first kappa shape index (κ1) is 25.1. The van der Waals surface area contributed by atoms with Gasteiger partial charge in [-0.3, -0.25) is 0 Å². The number of rotatable bonds is 8. The summed E-state index contributed by atoms with van der Waals surface area (Å²) in [5.41, 5.74) is 11.7. The van der Waals surface area contributed by atoms with Gasteiger partial charge in [0, 0.05) is 0 Å². The Morgan fingerprint density at radius 1 is 1.27 bits per heavy atom. The number of ether oxygens (including phenoxy) is 1. The quantitative estimate of drug-likeness (QED) is 0.185. The second-order valence-corrected chi connectivity index (χ2v) is 19.2. The molecule has 1 atom stereocenters. The third kappa shape index (κ3) is 7.76. The van der Waals surface area contributed by atoms with Crippen LogP contribution in [0.25, 0.3) is 5.57 Å². The van der Waals surface area contributed by atoms with Gasteiger partial charge in [0.2, 0.25) is 0 Å². The van der Waals surface area contributed by atoms with Crippen molar-refractivity contribution in [1.29, 1.82) is 0 Å². The summed E-state index contributed by atoms with van der Waals surface area (Å²) in [5, 5.41) is 4.23. The Bertz CT molecular complexity index is 1150. The Hall–Kier alpha value is -0.990. The SMILES string of the molecule is NC1=ICI(COP(=O)([O-])O)/C=C\C=C/1c1cc(Cc2ccc(CC3=CCOC3)cc2)no1. The monoisotopic (exact) mass is 697 g/mol. The van der Waals surface area contributed by atoms with Gasteiger partial charge in [0.05, 0.1) is 13.2 Å². The van der Waals surface area contributed by atoms with Crippen LogP contribution in [0.5, 0.6) is 0 Å². The molecule has 178 valence electrons. The average molecular weight is 697 g/mol. The molecule has 0 saturated carbocycles. The fraction of sp³-hybridized carbons (Fsp3) is 0.273. The first-order valence-corrected chi connectivity index (χ1v) is 18.4. The van der Waals surface area contributed by atoms with Crippen molar-refractivity contribution in [3.63, 3.8) is 0 Å². The molecule has 0 fully saturated rings. The van der Waals surface area contributed by atoms with Crippen molar-refractivity contribution >= 4 is 57.6 Å². The molecule has 1 unspecified atom stereocenters. The molecule has 2 aromatic rings. The van der Waals surface area contributed by atoms with E-state index < -0.39 is 48.4 Å². The van der Waals surface area contributed by atoms with Crippen LogP contribution in [-0.4, -0.2) is 33.9 Å². The van der Waals surface area contributed by atoms with Crippen LogP contribution in [0, 0.1) is 0 Å². The number of nitrogens with zero attached hydrogens (tertiary/aromatic N) is 1. The molecule has 0 bridgehead atoms. The summed E-state index contributed by atoms with van der Waals surface area (Å²) in [6.07, 6.45) is 7.48. The number of halogens is 2. The minimum absolute atomic E-state index is 0.0600. The topological polar surface area (TPSA) is 131 Å². The molecular weight excluding hydrogens is 673 g/mol. The Kier molecular flexibility index (Phi) is 8.85. The van der Waals surface area contributed by atoms with Crippen molar-refractivity contribution in [2.45, 2.75) is 12.8 Å². The van der Waals surface area contributed by atoms with Crippen molar-refractivity contribution in [1.82, 2.24) is 5.16 Å². The molecule has 0 radical (unpaired) electrons. The standard InChI is InChI=1S/C22H25I2N2O6P/c25-22-20(2-1-8-24(14-23-22)15-31-33(27,28)29)21-12-19(26-32-21)11-17-5-3-16(4-6-17)10-18-7-9-30-13-18/h1-8,12H,9-11,13-15,25H2,(H2,27,28,29)/p-1/b8-1-,20-2-. The summed E-state index contributed by atoms with van der Waals surface area (Å²) in [4.78, 5) is 19.7. The predicted octanol–water partition coefficient (Wildman–Crippen LogP) is 3.63. The Balaban J connectivity index is 1.39. The Labute approximate surface area is 209 Å². The number of hydrogen-bond acceptors (Lipinski definition) is 7. The zero-order valence-corrected chi connectivity index (χ0v) is 22.9. The summed E-state index contributed by atoms with van der Waals surface area (Å²) >= 11 is -2.30. The van der Waals surface area contributed by atoms with E-state index in [4.69, 9.17) is 19.9 Å². The number of hydrogen-bond donors (Lipinski definition) is 2. The van der Waals surface area contributed by atoms with Gasteiger partial charge in [-0.2, -0.15) is 0 Å². The molecule has 11 heteroatoms. The van der Waals surface area contributed by atoms with Crippen molar-refractivity contribution < 1.29 is 28.1 Å². The van der Waals surface area contributed by atoms with E-state index in [1.54, 1.807) is 0 Å². The van der Waals surface area contributed by atoms with E-state index in [9.17, 15) is 9.46 Å². The number of nitrogens with two attached hydrogens (primary N) is 1. The van der Waals surface area contributed by atoms with Gasteiger partial charge >= 0.3 is 174 Å². The molecule has 0 amide bonds. The molecule has 1 aromatic heterocycles. The maximum atomic E-state index is 10.9. The normalized spacial score (nSPS) is 22.2. The molecule has 0 aliphatic carbocycles. The van der Waals surface area contributed by atoms with Crippen molar-refractivity contribution in [3.8, 4) is 0 Å². The molecule has 0 spiro atoms. The third-order valence-corrected chi connectivity index (χ3v) is 17.7. The van der Waals surface area contributed by atoms with Crippen LogP contribution < -0.4 is 10.6 Å². The van der Waals surface area contributed by atoms with E-state index in [2.05, 4.69) is 40.0 Å². The van der Waals surface area contributed by atoms with Gasteiger partial charge in [0.25, 0.3) is 0 Å². The van der Waals surface area contributed by atoms with Crippen LogP contribution in [-0.2, 0) is 26.7 Å². The minimum atomic E-state index is -4.69. The molecular formula is C22H24I2N2O6P-. The van der Waals surface area contributed by atoms with Gasteiger partial charge in [0.15, 0.2) is 0 Å². The van der Waals surface area contributed by atoms with Crippen LogP contribution in [0.15, 0.2) is 62.7 Å². The van der Waals surface area contributed by atoms with Gasteiger partial charge in [-0.1, -0.05) is 6.08 Å². The van der Waals surface area contributed by atoms with Crippen LogP contribution in [0.1, 0.15) is 22.6 Å². The summed E-state index contributed by atoms with van der Waals surface area (Å²) in [6.45, 7) is 1.43. The van der Waals surface area contributed by atoms with Crippen molar-refractivity contribution in [2.75, 3.05) is 20.3 Å². The maximum absolute atomic E-state index is 10.9. The number of alkyl halides is 3. The second-order valence-electron chi connectivity index (χ2n) is 7.42. The Morgan fingerprint density at radius 2 is 2.03 bits per heavy atom.